The predicted molar refractivity (Wildman–Crippen MR) is 73.4 cm³/mol. The zero-order valence-corrected chi connectivity index (χ0v) is 12.8. The van der Waals surface area contributed by atoms with Crippen LogP contribution in [0.2, 0.25) is 15.1 Å². The van der Waals surface area contributed by atoms with E-state index in [2.05, 4.69) is 5.10 Å². The quantitative estimate of drug-likeness (QED) is 0.531. The summed E-state index contributed by atoms with van der Waals surface area (Å²) in [7, 11) is 1.31. The molecule has 108 valence electrons. The van der Waals surface area contributed by atoms with Gasteiger partial charge in [-0.2, -0.15) is 13.2 Å². The fourth-order valence-electron chi connectivity index (χ4n) is 1.55. The molecule has 0 N–H and O–H groups in total. The number of aryl methyl sites for hydroxylation is 1. The van der Waals surface area contributed by atoms with Crippen molar-refractivity contribution in [2.45, 2.75) is 6.18 Å². The van der Waals surface area contributed by atoms with Gasteiger partial charge in [0.2, 0.25) is 10.6 Å². The van der Waals surface area contributed by atoms with Crippen LogP contribution in [0.5, 0.6) is 0 Å². The number of halogens is 6. The van der Waals surface area contributed by atoms with Crippen LogP contribution < -0.4 is 0 Å². The van der Waals surface area contributed by atoms with E-state index < -0.39 is 12.0 Å². The van der Waals surface area contributed by atoms with Crippen molar-refractivity contribution in [2.75, 3.05) is 0 Å². The minimum atomic E-state index is -4.69. The molecule has 0 aliphatic heterocycles. The standard InChI is InChI=1S/C10H5Cl3F3N3S/c1-18-9(20)19(8(17-18)10(14,15)16)7-3-5(12)4(11)2-6(7)13/h2-3H,1H3. The fourth-order valence-corrected chi connectivity index (χ4v) is 2.40. The van der Waals surface area contributed by atoms with Crippen molar-refractivity contribution in [3.63, 3.8) is 0 Å². The van der Waals surface area contributed by atoms with Gasteiger partial charge in [0.25, 0.3) is 0 Å². The summed E-state index contributed by atoms with van der Waals surface area (Å²) in [4.78, 5) is 0. The first-order valence-electron chi connectivity index (χ1n) is 5.01. The predicted octanol–water partition coefficient (Wildman–Crippen LogP) is 4.92. The Morgan fingerprint density at radius 1 is 1.10 bits per heavy atom. The van der Waals surface area contributed by atoms with Crippen molar-refractivity contribution in [3.8, 4) is 5.69 Å². The van der Waals surface area contributed by atoms with Gasteiger partial charge in [-0.15, -0.1) is 5.10 Å². The van der Waals surface area contributed by atoms with Crippen molar-refractivity contribution in [1.82, 2.24) is 14.3 Å². The van der Waals surface area contributed by atoms with Crippen molar-refractivity contribution in [1.29, 1.82) is 0 Å². The summed E-state index contributed by atoms with van der Waals surface area (Å²) >= 11 is 22.4. The molecule has 0 aliphatic carbocycles. The average molecular weight is 363 g/mol. The molecule has 1 aromatic carbocycles. The van der Waals surface area contributed by atoms with Gasteiger partial charge in [0.05, 0.1) is 20.8 Å². The van der Waals surface area contributed by atoms with E-state index >= 15 is 0 Å². The lowest BCUT2D eigenvalue weighted by Gasteiger charge is -2.11. The van der Waals surface area contributed by atoms with Gasteiger partial charge in [-0.3, -0.25) is 4.57 Å². The molecule has 2 rings (SSSR count). The highest BCUT2D eigenvalue weighted by molar-refractivity contribution is 7.71. The van der Waals surface area contributed by atoms with E-state index in [0.29, 0.717) is 4.57 Å². The summed E-state index contributed by atoms with van der Waals surface area (Å²) in [5.74, 6) is -1.19. The SMILES string of the molecule is Cn1nc(C(F)(F)F)n(-c2cc(Cl)c(Cl)cc2Cl)c1=S. The molecular formula is C10H5Cl3F3N3S. The maximum absolute atomic E-state index is 13.0. The third kappa shape index (κ3) is 2.67. The first kappa shape index (κ1) is 15.6. The van der Waals surface area contributed by atoms with Crippen LogP contribution >= 0.6 is 47.0 Å². The third-order valence-corrected chi connectivity index (χ3v) is 3.88. The van der Waals surface area contributed by atoms with Crippen LogP contribution in [0.4, 0.5) is 13.2 Å². The van der Waals surface area contributed by atoms with Gasteiger partial charge in [0.1, 0.15) is 0 Å². The Balaban J connectivity index is 2.83. The van der Waals surface area contributed by atoms with Crippen molar-refractivity contribution in [3.05, 3.63) is 37.8 Å². The lowest BCUT2D eigenvalue weighted by molar-refractivity contribution is -0.146. The zero-order valence-electron chi connectivity index (χ0n) is 9.67. The maximum atomic E-state index is 13.0. The van der Waals surface area contributed by atoms with E-state index in [0.717, 1.165) is 4.68 Å². The molecule has 0 saturated heterocycles. The molecule has 10 heteroatoms. The molecule has 0 aliphatic rings. The highest BCUT2D eigenvalue weighted by Crippen LogP contribution is 2.35. The first-order chi connectivity index (χ1) is 9.12. The summed E-state index contributed by atoms with van der Waals surface area (Å²) in [6.45, 7) is 0. The summed E-state index contributed by atoms with van der Waals surface area (Å²) in [6.07, 6.45) is -4.69. The molecule has 1 aromatic heterocycles. The molecule has 0 fully saturated rings. The number of benzene rings is 1. The zero-order chi connectivity index (χ0) is 15.2. The minimum Gasteiger partial charge on any atom is -0.263 e. The molecule has 0 saturated carbocycles. The van der Waals surface area contributed by atoms with E-state index in [-0.39, 0.29) is 25.5 Å². The van der Waals surface area contributed by atoms with Gasteiger partial charge < -0.3 is 0 Å². The molecule has 2 aromatic rings. The molecule has 0 radical (unpaired) electrons. The van der Waals surface area contributed by atoms with Crippen LogP contribution in [0.3, 0.4) is 0 Å². The number of rotatable bonds is 1. The molecule has 0 atom stereocenters. The van der Waals surface area contributed by atoms with Crippen LogP contribution in [0.25, 0.3) is 5.69 Å². The summed E-state index contributed by atoms with van der Waals surface area (Å²) in [5.41, 5.74) is -0.0357. The van der Waals surface area contributed by atoms with E-state index in [9.17, 15) is 13.2 Å². The van der Waals surface area contributed by atoms with Crippen molar-refractivity contribution in [2.24, 2.45) is 7.05 Å². The van der Waals surface area contributed by atoms with Gasteiger partial charge in [0.15, 0.2) is 0 Å². The molecule has 3 nitrogen and oxygen atoms in total. The Morgan fingerprint density at radius 3 is 2.20 bits per heavy atom. The number of hydrogen-bond donors (Lipinski definition) is 0. The first-order valence-corrected chi connectivity index (χ1v) is 6.55. The Labute approximate surface area is 131 Å². The van der Waals surface area contributed by atoms with E-state index in [1.165, 1.54) is 19.2 Å². The number of alkyl halides is 3. The molecule has 0 unspecified atom stereocenters. The number of hydrogen-bond acceptors (Lipinski definition) is 2. The second-order valence-electron chi connectivity index (χ2n) is 3.78. The van der Waals surface area contributed by atoms with Crippen LogP contribution in [-0.4, -0.2) is 14.3 Å². The number of nitrogens with zero attached hydrogens (tertiary/aromatic N) is 3. The summed E-state index contributed by atoms with van der Waals surface area (Å²) in [6, 6.07) is 2.45. The highest BCUT2D eigenvalue weighted by atomic mass is 35.5. The van der Waals surface area contributed by atoms with Crippen molar-refractivity contribution >= 4 is 47.0 Å². The van der Waals surface area contributed by atoms with Gasteiger partial charge >= 0.3 is 6.18 Å². The van der Waals surface area contributed by atoms with Crippen LogP contribution in [0, 0.1) is 4.77 Å². The largest absolute Gasteiger partial charge is 0.452 e. The van der Waals surface area contributed by atoms with Crippen LogP contribution in [0.15, 0.2) is 12.1 Å². The number of aromatic nitrogens is 3. The summed E-state index contributed by atoms with van der Waals surface area (Å²) < 4.78 is 40.4. The Bertz CT molecular complexity index is 736. The molecular weight excluding hydrogens is 358 g/mol. The van der Waals surface area contributed by atoms with Gasteiger partial charge in [0, 0.05) is 7.05 Å². The Morgan fingerprint density at radius 2 is 1.65 bits per heavy atom. The summed E-state index contributed by atoms with van der Waals surface area (Å²) in [5, 5.41) is 3.54. The fraction of sp³-hybridized carbons (Fsp3) is 0.200. The topological polar surface area (TPSA) is 22.8 Å². The van der Waals surface area contributed by atoms with Crippen molar-refractivity contribution < 1.29 is 13.2 Å². The molecule has 0 bridgehead atoms. The van der Waals surface area contributed by atoms with Gasteiger partial charge in [-0.25, -0.2) is 4.68 Å². The third-order valence-electron chi connectivity index (χ3n) is 2.41. The average Bonchev–Trinajstić information content (AvgIpc) is 2.61. The molecule has 0 spiro atoms. The van der Waals surface area contributed by atoms with E-state index in [1.807, 2.05) is 0 Å². The van der Waals surface area contributed by atoms with E-state index in [1.54, 1.807) is 0 Å². The molecule has 20 heavy (non-hydrogen) atoms. The maximum Gasteiger partial charge on any atom is 0.452 e. The molecule has 0 amide bonds. The van der Waals surface area contributed by atoms with Crippen LogP contribution in [-0.2, 0) is 13.2 Å². The second kappa shape index (κ2) is 5.22. The lowest BCUT2D eigenvalue weighted by atomic mass is 10.3. The molecule has 1 heterocycles. The van der Waals surface area contributed by atoms with Gasteiger partial charge in [-0.05, 0) is 24.4 Å². The lowest BCUT2D eigenvalue weighted by Crippen LogP contribution is -2.14. The second-order valence-corrected chi connectivity index (χ2v) is 5.37. The monoisotopic (exact) mass is 361 g/mol. The highest BCUT2D eigenvalue weighted by Gasteiger charge is 2.39. The normalized spacial score (nSPS) is 11.9. The van der Waals surface area contributed by atoms with Gasteiger partial charge in [-0.1, -0.05) is 34.8 Å². The van der Waals surface area contributed by atoms with E-state index in [4.69, 9.17) is 47.0 Å². The Hall–Kier alpha value is -0.760. The van der Waals surface area contributed by atoms with Crippen LogP contribution in [0.1, 0.15) is 5.82 Å². The minimum absolute atomic E-state index is 0.0194. The smallest absolute Gasteiger partial charge is 0.263 e. The Kier molecular flexibility index (Phi) is 4.07.